The van der Waals surface area contributed by atoms with Gasteiger partial charge in [-0.3, -0.25) is 19.7 Å². The van der Waals surface area contributed by atoms with Crippen molar-refractivity contribution in [2.24, 2.45) is 0 Å². The van der Waals surface area contributed by atoms with Gasteiger partial charge in [0.15, 0.2) is 5.11 Å². The van der Waals surface area contributed by atoms with Crippen LogP contribution >= 0.6 is 23.9 Å². The molecule has 0 spiro atoms. The summed E-state index contributed by atoms with van der Waals surface area (Å²) in [7, 11) is 0. The quantitative estimate of drug-likeness (QED) is 0.134. The number of benzene rings is 1. The third-order valence-electron chi connectivity index (χ3n) is 3.06. The molecule has 0 unspecified atom stereocenters. The Morgan fingerprint density at radius 1 is 1.30 bits per heavy atom. The second kappa shape index (κ2) is 6.41. The number of amides is 2. The van der Waals surface area contributed by atoms with Crippen molar-refractivity contribution < 1.29 is 18.6 Å². The van der Waals surface area contributed by atoms with Crippen LogP contribution in [-0.2, 0) is 9.59 Å². The Morgan fingerprint density at radius 3 is 2.48 bits per heavy atom. The average molecular weight is 362 g/mol. The molecule has 0 saturated carbocycles. The number of rotatable bonds is 2. The summed E-state index contributed by atoms with van der Waals surface area (Å²) < 4.78 is 4.08. The Bertz CT molecular complexity index is 849. The van der Waals surface area contributed by atoms with Gasteiger partial charge in [-0.25, -0.2) is 0 Å². The van der Waals surface area contributed by atoms with Crippen molar-refractivity contribution in [3.05, 3.63) is 33.0 Å². The van der Waals surface area contributed by atoms with Gasteiger partial charge < -0.3 is 15.8 Å². The normalized spacial score (nSPS) is 15.0. The van der Waals surface area contributed by atoms with Gasteiger partial charge in [-0.1, -0.05) is 0 Å². The number of fused-ring (bicyclic) bond motifs is 1. The zero-order valence-corrected chi connectivity index (χ0v) is 15.1. The van der Waals surface area contributed by atoms with E-state index in [9.17, 15) is 24.9 Å². The second-order valence-corrected chi connectivity index (χ2v) is 5.38. The Kier molecular flexibility index (Phi) is 4.91. The van der Waals surface area contributed by atoms with Gasteiger partial charge in [-0.15, -0.1) is 0 Å². The average Bonchev–Trinajstić information content (AvgIpc) is 2.80. The maximum Gasteiger partial charge on any atom is 0.321 e. The van der Waals surface area contributed by atoms with E-state index in [1.807, 2.05) is 0 Å². The zero-order valence-electron chi connectivity index (χ0n) is 11.4. The summed E-state index contributed by atoms with van der Waals surface area (Å²) in [6, 6.07) is 2.30. The van der Waals surface area contributed by atoms with Crippen LogP contribution in [0.15, 0.2) is 12.1 Å². The van der Waals surface area contributed by atoms with Gasteiger partial charge >= 0.3 is 5.69 Å². The molecule has 23 heavy (non-hydrogen) atoms. The van der Waals surface area contributed by atoms with Crippen LogP contribution in [0, 0.1) is 15.3 Å². The maximum atomic E-state index is 12.0. The molecule has 13 heteroatoms. The monoisotopic (exact) mass is 362 g/mol. The predicted octanol–water partition coefficient (Wildman–Crippen LogP) is -0.928. The largest absolute Gasteiger partial charge is 0.700 e. The van der Waals surface area contributed by atoms with E-state index in [0.717, 1.165) is 6.07 Å². The number of nitrogens with zero attached hydrogens (tertiary/aromatic N) is 3. The van der Waals surface area contributed by atoms with Crippen molar-refractivity contribution in [2.75, 3.05) is 0 Å². The molecule has 113 valence electrons. The summed E-state index contributed by atoms with van der Waals surface area (Å²) in [5.41, 5.74) is -0.697. The molecule has 0 atom stereocenters. The molecule has 1 aromatic heterocycles. The molecule has 1 aliphatic rings. The minimum Gasteiger partial charge on any atom is -0.700 e. The molecule has 2 amide bonds. The van der Waals surface area contributed by atoms with Crippen LogP contribution in [0.25, 0.3) is 11.0 Å². The topological polar surface area (TPSA) is 141 Å². The van der Waals surface area contributed by atoms with E-state index >= 15 is 0 Å². The van der Waals surface area contributed by atoms with Gasteiger partial charge in [-0.05, 0) is 18.3 Å². The van der Waals surface area contributed by atoms with Gasteiger partial charge in [0, 0.05) is 45.6 Å². The van der Waals surface area contributed by atoms with E-state index in [1.54, 1.807) is 0 Å². The summed E-state index contributed by atoms with van der Waals surface area (Å²) in [4.78, 5) is 34.2. The number of hydrogen-bond acceptors (Lipinski definition) is 8. The van der Waals surface area contributed by atoms with E-state index in [4.69, 9.17) is 12.2 Å². The van der Waals surface area contributed by atoms with Gasteiger partial charge in [0.2, 0.25) is 17.3 Å². The van der Waals surface area contributed by atoms with Crippen molar-refractivity contribution in [3.8, 4) is 0 Å². The molecule has 0 aliphatic carbocycles. The summed E-state index contributed by atoms with van der Waals surface area (Å²) in [5, 5.41) is 27.1. The number of aromatic nitrogens is 2. The second-order valence-electron chi connectivity index (χ2n) is 4.30. The number of carbonyl (C=O) groups is 2. The molecule has 0 bridgehead atoms. The van der Waals surface area contributed by atoms with Crippen LogP contribution in [0.2, 0.25) is 0 Å². The summed E-state index contributed by atoms with van der Waals surface area (Å²) >= 11 is 5.14. The van der Waals surface area contributed by atoms with E-state index in [1.165, 1.54) is 6.07 Å². The third-order valence-corrected chi connectivity index (χ3v) is 3.85. The Balaban J connectivity index is 0.00000192. The summed E-state index contributed by atoms with van der Waals surface area (Å²) in [6.07, 6.45) is 0. The van der Waals surface area contributed by atoms with Crippen LogP contribution in [0.5, 0.6) is 0 Å². The molecular weight excluding hydrogens is 357 g/mol. The van der Waals surface area contributed by atoms with Crippen LogP contribution < -0.4 is 14.8 Å². The Hall–Kier alpha value is -1.73. The minimum atomic E-state index is -1.29. The van der Waals surface area contributed by atoms with Crippen molar-refractivity contribution in [1.29, 1.82) is 0 Å². The first-order valence-electron chi connectivity index (χ1n) is 5.72. The van der Waals surface area contributed by atoms with Gasteiger partial charge in [-0.2, -0.15) is 4.12 Å². The van der Waals surface area contributed by atoms with Crippen LogP contribution in [0.3, 0.4) is 0 Å². The minimum absolute atomic E-state index is 0. The van der Waals surface area contributed by atoms with E-state index in [2.05, 4.69) is 15.0 Å². The van der Waals surface area contributed by atoms with Crippen molar-refractivity contribution in [2.45, 2.75) is 5.92 Å². The fourth-order valence-electron chi connectivity index (χ4n) is 2.16. The van der Waals surface area contributed by atoms with Crippen LogP contribution in [0.1, 0.15) is 11.5 Å². The molecule has 2 aromatic rings. The SMILES string of the molecule is O=C1NC(=S)NC(=O)C1c1ccc([N+](=O)[O-])c2c1ns[n+]2[O-].[Na]. The van der Waals surface area contributed by atoms with Crippen LogP contribution in [0.4, 0.5) is 5.69 Å². The number of non-ortho nitro benzene ring substituents is 1. The van der Waals surface area contributed by atoms with Crippen molar-refractivity contribution in [3.63, 3.8) is 0 Å². The van der Waals surface area contributed by atoms with Gasteiger partial charge in [0.1, 0.15) is 5.92 Å². The van der Waals surface area contributed by atoms with Gasteiger partial charge in [0.05, 0.1) is 4.92 Å². The van der Waals surface area contributed by atoms with E-state index in [-0.39, 0.29) is 55.4 Å². The number of carbonyl (C=O) groups excluding carboxylic acids is 2. The predicted molar refractivity (Wildman–Crippen MR) is 82.6 cm³/mol. The Labute approximate surface area is 159 Å². The molecule has 1 aliphatic heterocycles. The fraction of sp³-hybridized carbons (Fsp3) is 0.100. The summed E-state index contributed by atoms with van der Waals surface area (Å²) in [6.45, 7) is 0. The van der Waals surface area contributed by atoms with E-state index in [0.29, 0.717) is 11.7 Å². The fourth-order valence-corrected chi connectivity index (χ4v) is 2.97. The standard InChI is InChI=1S/C10H5N5O5S2.Na/c16-8-5(9(17)12-10(21)11-8)3-1-2-4(14(18)19)7-6(3)13-22-15(7)20;/h1-2,5H,(H2,11,12,16,17,21);. The maximum absolute atomic E-state index is 12.0. The molecule has 10 nitrogen and oxygen atoms in total. The molecule has 2 N–H and O–H groups in total. The molecule has 1 saturated heterocycles. The molecule has 1 fully saturated rings. The number of nitro groups is 1. The number of hydrogen-bond donors (Lipinski definition) is 2. The van der Waals surface area contributed by atoms with Crippen molar-refractivity contribution in [1.82, 2.24) is 15.0 Å². The smallest absolute Gasteiger partial charge is 0.321 e. The van der Waals surface area contributed by atoms with Crippen molar-refractivity contribution >= 4 is 87.2 Å². The summed E-state index contributed by atoms with van der Waals surface area (Å²) in [5.74, 6) is -2.67. The third kappa shape index (κ3) is 2.90. The van der Waals surface area contributed by atoms with Crippen LogP contribution in [-0.4, -0.2) is 55.8 Å². The number of thiocarbonyl (C=S) groups is 1. The molecule has 2 heterocycles. The molecular formula is C10H5N5NaO5S2. The Morgan fingerprint density at radius 2 is 1.91 bits per heavy atom. The van der Waals surface area contributed by atoms with E-state index < -0.39 is 28.3 Å². The first-order valence-corrected chi connectivity index (χ1v) is 6.86. The first kappa shape index (κ1) is 17.6. The number of nitrogens with one attached hydrogen (secondary N) is 2. The molecule has 1 radical (unpaired) electrons. The van der Waals surface area contributed by atoms with Gasteiger partial charge in [0.25, 0.3) is 17.2 Å². The zero-order chi connectivity index (χ0) is 16.0. The molecule has 3 rings (SSSR count). The first-order chi connectivity index (χ1) is 10.4. The molecule has 1 aromatic carbocycles. The number of nitro benzene ring substituents is 1.